The molecule has 2 heterocycles. The average Bonchev–Trinajstić information content (AvgIpc) is 3.41. The maximum atomic E-state index is 13.1. The van der Waals surface area contributed by atoms with Crippen LogP contribution in [0.25, 0.3) is 11.3 Å². The molecule has 6 nitrogen and oxygen atoms in total. The second-order valence-corrected chi connectivity index (χ2v) is 7.67. The Kier molecular flexibility index (Phi) is 5.38. The molecular weight excluding hydrogens is 392 g/mol. The molecule has 2 aromatic carbocycles. The van der Waals surface area contributed by atoms with Crippen LogP contribution in [0.4, 0.5) is 5.69 Å². The quantitative estimate of drug-likeness (QED) is 0.575. The van der Waals surface area contributed by atoms with Crippen LogP contribution in [0.5, 0.6) is 5.75 Å². The molecule has 0 fully saturated rings. The van der Waals surface area contributed by atoms with E-state index in [-0.39, 0.29) is 17.5 Å². The van der Waals surface area contributed by atoms with Crippen molar-refractivity contribution in [3.05, 3.63) is 90.0 Å². The molecule has 0 aliphatic carbocycles. The summed E-state index contributed by atoms with van der Waals surface area (Å²) in [5, 5.41) is 14.9. The highest BCUT2D eigenvalue weighted by molar-refractivity contribution is 6.01. The SMILES string of the molecule is C=C1C(O)=C(C(=O)C(C)C)C(c2ccccc2OC)N1c1ccc(-c2ccon2)cc1. The number of nitrogens with zero attached hydrogens (tertiary/aromatic N) is 2. The van der Waals surface area contributed by atoms with E-state index in [1.165, 1.54) is 6.26 Å². The van der Waals surface area contributed by atoms with Crippen molar-refractivity contribution in [2.24, 2.45) is 5.92 Å². The van der Waals surface area contributed by atoms with E-state index < -0.39 is 6.04 Å². The van der Waals surface area contributed by atoms with Crippen molar-refractivity contribution >= 4 is 11.5 Å². The van der Waals surface area contributed by atoms with E-state index in [0.29, 0.717) is 17.0 Å². The molecule has 6 heteroatoms. The fourth-order valence-electron chi connectivity index (χ4n) is 3.89. The molecule has 0 radical (unpaired) electrons. The van der Waals surface area contributed by atoms with Crippen molar-refractivity contribution in [2.75, 3.05) is 12.0 Å². The predicted molar refractivity (Wildman–Crippen MR) is 119 cm³/mol. The van der Waals surface area contributed by atoms with Crippen LogP contribution in [0.2, 0.25) is 0 Å². The lowest BCUT2D eigenvalue weighted by molar-refractivity contribution is -0.118. The fraction of sp³-hybridized carbons (Fsp3) is 0.200. The molecule has 1 aliphatic rings. The summed E-state index contributed by atoms with van der Waals surface area (Å²) in [5.41, 5.74) is 3.88. The third-order valence-electron chi connectivity index (χ3n) is 5.45. The topological polar surface area (TPSA) is 75.8 Å². The first-order valence-electron chi connectivity index (χ1n) is 10.0. The summed E-state index contributed by atoms with van der Waals surface area (Å²) in [6.45, 7) is 7.73. The zero-order valence-corrected chi connectivity index (χ0v) is 17.7. The first-order chi connectivity index (χ1) is 14.9. The fourth-order valence-corrected chi connectivity index (χ4v) is 3.89. The first kappa shape index (κ1) is 20.5. The van der Waals surface area contributed by atoms with Crippen molar-refractivity contribution in [3.8, 4) is 17.0 Å². The monoisotopic (exact) mass is 416 g/mol. The molecule has 0 saturated heterocycles. The minimum absolute atomic E-state index is 0.0878. The number of benzene rings is 2. The number of methoxy groups -OCH3 is 1. The summed E-state index contributed by atoms with van der Waals surface area (Å²) in [4.78, 5) is 15.0. The number of carbonyl (C=O) groups is 1. The lowest BCUT2D eigenvalue weighted by Gasteiger charge is -2.30. The van der Waals surface area contributed by atoms with Gasteiger partial charge in [-0.2, -0.15) is 0 Å². The largest absolute Gasteiger partial charge is 0.505 e. The van der Waals surface area contributed by atoms with Gasteiger partial charge < -0.3 is 19.3 Å². The molecule has 1 aliphatic heterocycles. The van der Waals surface area contributed by atoms with Gasteiger partial charge in [0.05, 0.1) is 24.4 Å². The molecule has 31 heavy (non-hydrogen) atoms. The summed E-state index contributed by atoms with van der Waals surface area (Å²) in [7, 11) is 1.59. The highest BCUT2D eigenvalue weighted by atomic mass is 16.5. The van der Waals surface area contributed by atoms with Crippen LogP contribution >= 0.6 is 0 Å². The third-order valence-corrected chi connectivity index (χ3v) is 5.45. The Balaban J connectivity index is 1.84. The van der Waals surface area contributed by atoms with E-state index in [1.807, 2.05) is 67.3 Å². The molecule has 0 amide bonds. The molecule has 0 saturated carbocycles. The van der Waals surface area contributed by atoms with Gasteiger partial charge >= 0.3 is 0 Å². The van der Waals surface area contributed by atoms with E-state index in [1.54, 1.807) is 13.2 Å². The van der Waals surface area contributed by atoms with Gasteiger partial charge in [-0.05, 0) is 18.2 Å². The molecule has 0 spiro atoms. The second kappa shape index (κ2) is 8.14. The van der Waals surface area contributed by atoms with Gasteiger partial charge in [-0.15, -0.1) is 0 Å². The predicted octanol–water partition coefficient (Wildman–Crippen LogP) is 5.46. The van der Waals surface area contributed by atoms with E-state index in [9.17, 15) is 9.90 Å². The number of ether oxygens (including phenoxy) is 1. The number of hydrogen-bond donors (Lipinski definition) is 1. The van der Waals surface area contributed by atoms with Crippen molar-refractivity contribution in [1.29, 1.82) is 0 Å². The number of aromatic nitrogens is 1. The van der Waals surface area contributed by atoms with E-state index in [0.717, 1.165) is 22.5 Å². The Hall–Kier alpha value is -3.80. The summed E-state index contributed by atoms with van der Waals surface area (Å²) in [6, 6.07) is 16.4. The zero-order chi connectivity index (χ0) is 22.1. The molecule has 4 rings (SSSR count). The lowest BCUT2D eigenvalue weighted by atomic mass is 9.90. The standard InChI is InChI=1S/C25H24N2O4/c1-15(2)24(28)22-23(19-7-5-6-8-21(19)30-4)27(16(3)25(22)29)18-11-9-17(10-12-18)20-13-14-31-26-20/h5-15,23,29H,3H2,1-2,4H3. The molecule has 1 atom stereocenters. The normalized spacial score (nSPS) is 16.3. The highest BCUT2D eigenvalue weighted by Crippen LogP contribution is 2.48. The van der Waals surface area contributed by atoms with Gasteiger partial charge in [0.15, 0.2) is 5.78 Å². The van der Waals surface area contributed by atoms with Gasteiger partial charge in [0, 0.05) is 28.8 Å². The van der Waals surface area contributed by atoms with Crippen molar-refractivity contribution < 1.29 is 19.2 Å². The van der Waals surface area contributed by atoms with Crippen LogP contribution in [-0.4, -0.2) is 23.2 Å². The Labute approximate surface area is 181 Å². The van der Waals surface area contributed by atoms with Gasteiger partial charge in [0.25, 0.3) is 0 Å². The summed E-state index contributed by atoms with van der Waals surface area (Å²) in [5.74, 6) is 0.136. The van der Waals surface area contributed by atoms with Crippen LogP contribution in [-0.2, 0) is 4.79 Å². The van der Waals surface area contributed by atoms with Crippen LogP contribution in [0.1, 0.15) is 25.5 Å². The average molecular weight is 416 g/mol. The number of hydrogen-bond acceptors (Lipinski definition) is 6. The Morgan fingerprint density at radius 2 is 1.87 bits per heavy atom. The van der Waals surface area contributed by atoms with Gasteiger partial charge in [-0.3, -0.25) is 4.79 Å². The van der Waals surface area contributed by atoms with Gasteiger partial charge in [-0.25, -0.2) is 0 Å². The molecule has 3 aromatic rings. The Bertz CT molecular complexity index is 1140. The Morgan fingerprint density at radius 3 is 2.48 bits per heavy atom. The molecule has 158 valence electrons. The molecule has 0 bridgehead atoms. The third kappa shape index (κ3) is 3.50. The smallest absolute Gasteiger partial charge is 0.167 e. The number of aliphatic hydroxyl groups excluding tert-OH is 1. The van der Waals surface area contributed by atoms with Crippen molar-refractivity contribution in [1.82, 2.24) is 5.16 Å². The number of anilines is 1. The summed E-state index contributed by atoms with van der Waals surface area (Å²) >= 11 is 0. The van der Waals surface area contributed by atoms with Gasteiger partial charge in [0.2, 0.25) is 0 Å². The maximum absolute atomic E-state index is 13.1. The van der Waals surface area contributed by atoms with Crippen molar-refractivity contribution in [3.63, 3.8) is 0 Å². The highest BCUT2D eigenvalue weighted by Gasteiger charge is 2.42. The number of carbonyl (C=O) groups excluding carboxylic acids is 1. The van der Waals surface area contributed by atoms with E-state index in [2.05, 4.69) is 11.7 Å². The van der Waals surface area contributed by atoms with E-state index >= 15 is 0 Å². The molecular formula is C25H24N2O4. The van der Waals surface area contributed by atoms with Crippen LogP contribution in [0, 0.1) is 5.92 Å². The van der Waals surface area contributed by atoms with Crippen LogP contribution < -0.4 is 9.64 Å². The minimum atomic E-state index is -0.559. The van der Waals surface area contributed by atoms with Crippen LogP contribution in [0.3, 0.4) is 0 Å². The molecule has 1 unspecified atom stereocenters. The lowest BCUT2D eigenvalue weighted by Crippen LogP contribution is -2.27. The first-order valence-corrected chi connectivity index (χ1v) is 10.0. The molecule has 1 N–H and O–H groups in total. The Morgan fingerprint density at radius 1 is 1.16 bits per heavy atom. The van der Waals surface area contributed by atoms with E-state index in [4.69, 9.17) is 9.26 Å². The summed E-state index contributed by atoms with van der Waals surface area (Å²) < 4.78 is 10.5. The second-order valence-electron chi connectivity index (χ2n) is 7.67. The van der Waals surface area contributed by atoms with Crippen molar-refractivity contribution in [2.45, 2.75) is 19.9 Å². The van der Waals surface area contributed by atoms with Gasteiger partial charge in [-0.1, -0.05) is 55.9 Å². The maximum Gasteiger partial charge on any atom is 0.167 e. The minimum Gasteiger partial charge on any atom is -0.505 e. The van der Waals surface area contributed by atoms with Crippen LogP contribution in [0.15, 0.2) is 89.0 Å². The van der Waals surface area contributed by atoms with Gasteiger partial charge in [0.1, 0.15) is 23.5 Å². The number of ketones is 1. The summed E-state index contributed by atoms with van der Waals surface area (Å²) in [6.07, 6.45) is 1.52. The zero-order valence-electron chi connectivity index (χ0n) is 17.7. The molecule has 1 aromatic heterocycles. The number of Topliss-reactive ketones (excluding diaryl/α,β-unsaturated/α-hetero) is 1. The number of rotatable bonds is 6. The number of para-hydroxylation sites is 1. The number of aliphatic hydroxyl groups is 1.